The monoisotopic (exact) mass is 380 g/mol. The standard InChI is InChI=1S/C17H14F2N2O2S2/c18-16(19)23-14-6-2-1-5-12(14)13-10-25-17(20-13)21-15(22)8-7-11-4-3-9-24-11/h1-6,9-10,16H,7-8H2,(H,20,21,22). The molecule has 25 heavy (non-hydrogen) atoms. The van der Waals surface area contributed by atoms with Crippen LogP contribution in [0.4, 0.5) is 13.9 Å². The number of benzene rings is 1. The number of ether oxygens (including phenoxy) is 1. The molecule has 0 spiro atoms. The van der Waals surface area contributed by atoms with E-state index in [1.165, 1.54) is 17.4 Å². The lowest BCUT2D eigenvalue weighted by Gasteiger charge is -2.08. The van der Waals surface area contributed by atoms with Gasteiger partial charge in [0.25, 0.3) is 0 Å². The fourth-order valence-electron chi connectivity index (χ4n) is 2.21. The smallest absolute Gasteiger partial charge is 0.387 e. The van der Waals surface area contributed by atoms with E-state index in [0.717, 1.165) is 4.88 Å². The van der Waals surface area contributed by atoms with Crippen LogP contribution in [0.2, 0.25) is 0 Å². The number of nitrogens with zero attached hydrogens (tertiary/aromatic N) is 1. The molecule has 2 aromatic heterocycles. The van der Waals surface area contributed by atoms with Gasteiger partial charge in [-0.3, -0.25) is 4.79 Å². The van der Waals surface area contributed by atoms with Crippen molar-refractivity contribution in [1.82, 2.24) is 4.98 Å². The van der Waals surface area contributed by atoms with E-state index in [9.17, 15) is 13.6 Å². The van der Waals surface area contributed by atoms with Crippen LogP contribution < -0.4 is 10.1 Å². The Kier molecular flexibility index (Phi) is 5.72. The summed E-state index contributed by atoms with van der Waals surface area (Å²) in [6, 6.07) is 10.4. The van der Waals surface area contributed by atoms with E-state index in [-0.39, 0.29) is 11.7 Å². The van der Waals surface area contributed by atoms with Crippen LogP contribution in [0.5, 0.6) is 5.75 Å². The van der Waals surface area contributed by atoms with Crippen LogP contribution in [-0.2, 0) is 11.2 Å². The zero-order chi connectivity index (χ0) is 17.6. The molecular weight excluding hydrogens is 366 g/mol. The third-order valence-electron chi connectivity index (χ3n) is 3.31. The highest BCUT2D eigenvalue weighted by Crippen LogP contribution is 2.33. The summed E-state index contributed by atoms with van der Waals surface area (Å²) < 4.78 is 29.5. The number of nitrogens with one attached hydrogen (secondary N) is 1. The number of anilines is 1. The Morgan fingerprint density at radius 1 is 1.20 bits per heavy atom. The first-order valence-electron chi connectivity index (χ1n) is 7.44. The van der Waals surface area contributed by atoms with Gasteiger partial charge in [0.2, 0.25) is 5.91 Å². The molecule has 1 aromatic carbocycles. The number of carbonyl (C=O) groups is 1. The number of para-hydroxylation sites is 1. The van der Waals surface area contributed by atoms with E-state index in [1.54, 1.807) is 34.9 Å². The number of hydrogen-bond acceptors (Lipinski definition) is 5. The maximum absolute atomic E-state index is 12.5. The highest BCUT2D eigenvalue weighted by Gasteiger charge is 2.14. The largest absolute Gasteiger partial charge is 0.434 e. The fraction of sp³-hybridized carbons (Fsp3) is 0.176. The molecule has 0 atom stereocenters. The molecule has 0 aliphatic heterocycles. The highest BCUT2D eigenvalue weighted by molar-refractivity contribution is 7.14. The molecule has 2 heterocycles. The molecule has 0 saturated carbocycles. The Morgan fingerprint density at radius 3 is 2.80 bits per heavy atom. The molecule has 3 rings (SSSR count). The second-order valence-corrected chi connectivity index (χ2v) is 6.93. The van der Waals surface area contributed by atoms with Crippen LogP contribution in [-0.4, -0.2) is 17.5 Å². The van der Waals surface area contributed by atoms with Gasteiger partial charge in [0.1, 0.15) is 5.75 Å². The molecule has 0 aliphatic rings. The van der Waals surface area contributed by atoms with Crippen LogP contribution in [0.15, 0.2) is 47.2 Å². The van der Waals surface area contributed by atoms with Crippen molar-refractivity contribution in [3.05, 3.63) is 52.0 Å². The van der Waals surface area contributed by atoms with Crippen LogP contribution >= 0.6 is 22.7 Å². The SMILES string of the molecule is O=C(CCc1cccs1)Nc1nc(-c2ccccc2OC(F)F)cs1. The Balaban J connectivity index is 1.65. The molecule has 1 amide bonds. The maximum atomic E-state index is 12.5. The summed E-state index contributed by atoms with van der Waals surface area (Å²) in [4.78, 5) is 17.4. The summed E-state index contributed by atoms with van der Waals surface area (Å²) in [5, 5.41) is 6.84. The number of rotatable bonds is 7. The van der Waals surface area contributed by atoms with E-state index in [1.807, 2.05) is 17.5 Å². The molecular formula is C17H14F2N2O2S2. The minimum atomic E-state index is -2.91. The van der Waals surface area contributed by atoms with E-state index in [2.05, 4.69) is 15.0 Å². The third kappa shape index (κ3) is 4.83. The van der Waals surface area contributed by atoms with Gasteiger partial charge in [-0.25, -0.2) is 4.98 Å². The number of halogens is 2. The molecule has 0 aliphatic carbocycles. The molecule has 8 heteroatoms. The van der Waals surface area contributed by atoms with Crippen LogP contribution in [0, 0.1) is 0 Å². The highest BCUT2D eigenvalue weighted by atomic mass is 32.1. The summed E-state index contributed by atoms with van der Waals surface area (Å²) in [5.74, 6) is -0.0789. The zero-order valence-electron chi connectivity index (χ0n) is 12.9. The topological polar surface area (TPSA) is 51.2 Å². The van der Waals surface area contributed by atoms with Gasteiger partial charge in [-0.15, -0.1) is 22.7 Å². The first kappa shape index (κ1) is 17.5. The molecule has 130 valence electrons. The second-order valence-electron chi connectivity index (χ2n) is 5.04. The van der Waals surface area contributed by atoms with Crippen molar-refractivity contribution in [2.24, 2.45) is 0 Å². The summed E-state index contributed by atoms with van der Waals surface area (Å²) in [6.45, 7) is -2.91. The number of thiazole rings is 1. The second kappa shape index (κ2) is 8.17. The van der Waals surface area contributed by atoms with Gasteiger partial charge in [0, 0.05) is 22.2 Å². The summed E-state index contributed by atoms with van der Waals surface area (Å²) in [5.41, 5.74) is 0.938. The van der Waals surface area contributed by atoms with Gasteiger partial charge in [0.05, 0.1) is 5.69 Å². The van der Waals surface area contributed by atoms with Gasteiger partial charge in [-0.05, 0) is 30.0 Å². The number of alkyl halides is 2. The molecule has 0 radical (unpaired) electrons. The average molecular weight is 380 g/mol. The van der Waals surface area contributed by atoms with Crippen molar-refractivity contribution in [3.8, 4) is 17.0 Å². The van der Waals surface area contributed by atoms with Crippen molar-refractivity contribution in [3.63, 3.8) is 0 Å². The molecule has 1 N–H and O–H groups in total. The Morgan fingerprint density at radius 2 is 2.04 bits per heavy atom. The number of carbonyl (C=O) groups excluding carboxylic acids is 1. The molecule has 0 bridgehead atoms. The fourth-order valence-corrected chi connectivity index (χ4v) is 3.64. The number of thiophene rings is 1. The maximum Gasteiger partial charge on any atom is 0.387 e. The minimum absolute atomic E-state index is 0.0540. The summed E-state index contributed by atoms with van der Waals surface area (Å²) in [7, 11) is 0. The van der Waals surface area contributed by atoms with Crippen molar-refractivity contribution in [2.75, 3.05) is 5.32 Å². The van der Waals surface area contributed by atoms with Gasteiger partial charge < -0.3 is 10.1 Å². The predicted octanol–water partition coefficient (Wildman–Crippen LogP) is 5.04. The number of aromatic nitrogens is 1. The lowest BCUT2D eigenvalue weighted by molar-refractivity contribution is -0.116. The zero-order valence-corrected chi connectivity index (χ0v) is 14.6. The van der Waals surface area contributed by atoms with E-state index < -0.39 is 6.61 Å². The number of aryl methyl sites for hydroxylation is 1. The van der Waals surface area contributed by atoms with Crippen molar-refractivity contribution in [1.29, 1.82) is 0 Å². The molecule has 0 saturated heterocycles. The quantitative estimate of drug-likeness (QED) is 0.624. The van der Waals surface area contributed by atoms with E-state index in [0.29, 0.717) is 29.2 Å². The Labute approximate surface area is 151 Å². The molecule has 3 aromatic rings. The Bertz CT molecular complexity index is 835. The first-order valence-corrected chi connectivity index (χ1v) is 9.20. The van der Waals surface area contributed by atoms with Crippen LogP contribution in [0.25, 0.3) is 11.3 Å². The minimum Gasteiger partial charge on any atom is -0.434 e. The van der Waals surface area contributed by atoms with Crippen LogP contribution in [0.3, 0.4) is 0 Å². The summed E-state index contributed by atoms with van der Waals surface area (Å²) >= 11 is 2.85. The molecule has 0 unspecified atom stereocenters. The first-order chi connectivity index (χ1) is 12.1. The Hall–Kier alpha value is -2.32. The lowest BCUT2D eigenvalue weighted by atomic mass is 10.1. The number of amides is 1. The van der Waals surface area contributed by atoms with E-state index in [4.69, 9.17) is 0 Å². The average Bonchev–Trinajstić information content (AvgIpc) is 3.24. The number of hydrogen-bond donors (Lipinski definition) is 1. The normalized spacial score (nSPS) is 10.8. The lowest BCUT2D eigenvalue weighted by Crippen LogP contribution is -2.11. The third-order valence-corrected chi connectivity index (χ3v) is 5.00. The van der Waals surface area contributed by atoms with Crippen molar-refractivity contribution in [2.45, 2.75) is 19.5 Å². The van der Waals surface area contributed by atoms with Gasteiger partial charge in [-0.1, -0.05) is 18.2 Å². The summed E-state index contributed by atoms with van der Waals surface area (Å²) in [6.07, 6.45) is 1.04. The predicted molar refractivity (Wildman–Crippen MR) is 95.5 cm³/mol. The van der Waals surface area contributed by atoms with Gasteiger partial charge >= 0.3 is 6.61 Å². The van der Waals surface area contributed by atoms with Crippen molar-refractivity contribution < 1.29 is 18.3 Å². The molecule has 0 fully saturated rings. The molecule has 4 nitrogen and oxygen atoms in total. The van der Waals surface area contributed by atoms with Gasteiger partial charge in [-0.2, -0.15) is 8.78 Å². The van der Waals surface area contributed by atoms with E-state index >= 15 is 0 Å². The van der Waals surface area contributed by atoms with Crippen molar-refractivity contribution >= 4 is 33.7 Å². The van der Waals surface area contributed by atoms with Gasteiger partial charge in [0.15, 0.2) is 5.13 Å². The van der Waals surface area contributed by atoms with Crippen LogP contribution in [0.1, 0.15) is 11.3 Å².